The van der Waals surface area contributed by atoms with Crippen molar-refractivity contribution in [2.24, 2.45) is 0 Å². The Labute approximate surface area is 206 Å². The van der Waals surface area contributed by atoms with E-state index in [1.54, 1.807) is 13.8 Å². The first-order chi connectivity index (χ1) is 16.8. The number of nitrogens with one attached hydrogen (secondary N) is 2. The van der Waals surface area contributed by atoms with Gasteiger partial charge >= 0.3 is 5.97 Å². The van der Waals surface area contributed by atoms with Gasteiger partial charge in [-0.1, -0.05) is 61.2 Å². The van der Waals surface area contributed by atoms with Gasteiger partial charge in [0.1, 0.15) is 5.54 Å². The molecule has 0 saturated heterocycles. The third kappa shape index (κ3) is 7.90. The lowest BCUT2D eigenvalue weighted by Gasteiger charge is -2.30. The van der Waals surface area contributed by atoms with Crippen LogP contribution in [0.15, 0.2) is 34.9 Å². The summed E-state index contributed by atoms with van der Waals surface area (Å²) < 4.78 is 10.7. The Morgan fingerprint density at radius 1 is 1.09 bits per heavy atom. The number of esters is 1. The number of amides is 2. The van der Waals surface area contributed by atoms with E-state index < -0.39 is 11.6 Å². The molecule has 190 valence electrons. The van der Waals surface area contributed by atoms with Crippen LogP contribution < -0.4 is 10.6 Å². The molecule has 2 aromatic rings. The Bertz CT molecular complexity index is 981. The van der Waals surface area contributed by atoms with Crippen LogP contribution in [0.2, 0.25) is 0 Å². The highest BCUT2D eigenvalue weighted by atomic mass is 16.5. The van der Waals surface area contributed by atoms with Gasteiger partial charge in [0.15, 0.2) is 5.82 Å². The number of ether oxygens (including phenoxy) is 1. The van der Waals surface area contributed by atoms with E-state index in [1.165, 1.54) is 6.92 Å². The molecule has 3 rings (SSSR count). The lowest BCUT2D eigenvalue weighted by atomic mass is 9.89. The molecule has 1 aliphatic rings. The first kappa shape index (κ1) is 26.4. The average molecular weight is 485 g/mol. The summed E-state index contributed by atoms with van der Waals surface area (Å²) in [6, 6.07) is 8.84. The highest BCUT2D eigenvalue weighted by molar-refractivity contribution is 5.78. The predicted octanol–water partition coefficient (Wildman–Crippen LogP) is 3.89. The third-order valence-electron chi connectivity index (χ3n) is 6.11. The van der Waals surface area contributed by atoms with Gasteiger partial charge in [-0.05, 0) is 32.3 Å². The summed E-state index contributed by atoms with van der Waals surface area (Å²) in [5, 5.41) is 10.2. The monoisotopic (exact) mass is 484 g/mol. The standard InChI is InChI=1S/C26H36N4O5/c1-18(2)34-24(33)17-21(20-11-7-6-8-12-20)27-22(32)13-14-23-28-25(30-35-23)26(29-19(3)31)15-9-4-5-10-16-26/h6-8,11-12,18,21H,4-5,9-10,13-17H2,1-3H3,(H,27,32)(H,29,31). The molecule has 0 spiro atoms. The Hall–Kier alpha value is -3.23. The lowest BCUT2D eigenvalue weighted by molar-refractivity contribution is -0.148. The number of aryl methyl sites for hydroxylation is 1. The molecule has 1 heterocycles. The zero-order valence-corrected chi connectivity index (χ0v) is 20.8. The highest BCUT2D eigenvalue weighted by Crippen LogP contribution is 2.34. The molecule has 1 saturated carbocycles. The SMILES string of the molecule is CC(=O)NC1(c2noc(CCC(=O)NC(CC(=O)OC(C)C)c3ccccc3)n2)CCCCCC1. The first-order valence-corrected chi connectivity index (χ1v) is 12.4. The van der Waals surface area contributed by atoms with E-state index in [1.807, 2.05) is 30.3 Å². The summed E-state index contributed by atoms with van der Waals surface area (Å²) in [5.41, 5.74) is 0.203. The number of rotatable bonds is 10. The molecule has 0 aliphatic heterocycles. The molecule has 2 amide bonds. The zero-order chi connectivity index (χ0) is 25.3. The highest BCUT2D eigenvalue weighted by Gasteiger charge is 2.38. The first-order valence-electron chi connectivity index (χ1n) is 12.4. The second kappa shape index (κ2) is 12.5. The molecule has 9 nitrogen and oxygen atoms in total. The van der Waals surface area contributed by atoms with E-state index in [0.29, 0.717) is 11.7 Å². The van der Waals surface area contributed by atoms with Gasteiger partial charge in [-0.25, -0.2) is 0 Å². The fraction of sp³-hybridized carbons (Fsp3) is 0.577. The number of carbonyl (C=O) groups excluding carboxylic acids is 3. The van der Waals surface area contributed by atoms with E-state index >= 15 is 0 Å². The van der Waals surface area contributed by atoms with Crippen molar-refractivity contribution in [2.75, 3.05) is 0 Å². The number of benzene rings is 1. The molecule has 1 unspecified atom stereocenters. The van der Waals surface area contributed by atoms with E-state index in [-0.39, 0.29) is 43.2 Å². The number of hydrogen-bond donors (Lipinski definition) is 2. The van der Waals surface area contributed by atoms with Crippen molar-refractivity contribution >= 4 is 17.8 Å². The molecule has 1 fully saturated rings. The second-order valence-electron chi connectivity index (χ2n) is 9.46. The molecule has 1 aliphatic carbocycles. The minimum atomic E-state index is -0.623. The van der Waals surface area contributed by atoms with Gasteiger partial charge in [-0.15, -0.1) is 0 Å². The van der Waals surface area contributed by atoms with Crippen molar-refractivity contribution in [2.45, 2.75) is 96.2 Å². The van der Waals surface area contributed by atoms with Crippen LogP contribution in [0.4, 0.5) is 0 Å². The summed E-state index contributed by atoms with van der Waals surface area (Å²) >= 11 is 0. The van der Waals surface area contributed by atoms with Crippen LogP contribution >= 0.6 is 0 Å². The van der Waals surface area contributed by atoms with Gasteiger partial charge in [0, 0.05) is 19.8 Å². The van der Waals surface area contributed by atoms with Crippen molar-refractivity contribution in [3.05, 3.63) is 47.6 Å². The predicted molar refractivity (Wildman–Crippen MR) is 129 cm³/mol. The quantitative estimate of drug-likeness (QED) is 0.387. The summed E-state index contributed by atoms with van der Waals surface area (Å²) in [6.07, 6.45) is 5.89. The molecule has 0 radical (unpaired) electrons. The maximum absolute atomic E-state index is 12.8. The molecule has 0 bridgehead atoms. The van der Waals surface area contributed by atoms with Crippen LogP contribution in [0.5, 0.6) is 0 Å². The second-order valence-corrected chi connectivity index (χ2v) is 9.46. The summed E-state index contributed by atoms with van der Waals surface area (Å²) in [7, 11) is 0. The van der Waals surface area contributed by atoms with Gasteiger partial charge in [-0.3, -0.25) is 14.4 Å². The van der Waals surface area contributed by atoms with E-state index in [0.717, 1.165) is 44.1 Å². The van der Waals surface area contributed by atoms with Crippen LogP contribution in [-0.4, -0.2) is 34.0 Å². The lowest BCUT2D eigenvalue weighted by Crippen LogP contribution is -2.45. The minimum Gasteiger partial charge on any atom is -0.463 e. The van der Waals surface area contributed by atoms with Gasteiger partial charge in [0.25, 0.3) is 0 Å². The number of aromatic nitrogens is 2. The van der Waals surface area contributed by atoms with E-state index in [4.69, 9.17) is 9.26 Å². The smallest absolute Gasteiger partial charge is 0.308 e. The van der Waals surface area contributed by atoms with E-state index in [9.17, 15) is 14.4 Å². The Morgan fingerprint density at radius 2 is 1.77 bits per heavy atom. The molecule has 1 aromatic carbocycles. The Morgan fingerprint density at radius 3 is 2.40 bits per heavy atom. The van der Waals surface area contributed by atoms with Crippen LogP contribution in [-0.2, 0) is 31.1 Å². The normalized spacial score (nSPS) is 16.2. The number of carbonyl (C=O) groups is 3. The fourth-order valence-corrected chi connectivity index (χ4v) is 4.53. The maximum Gasteiger partial charge on any atom is 0.308 e. The molecular weight excluding hydrogens is 448 g/mol. The fourth-order valence-electron chi connectivity index (χ4n) is 4.53. The van der Waals surface area contributed by atoms with Gasteiger partial charge < -0.3 is 19.9 Å². The maximum atomic E-state index is 12.8. The van der Waals surface area contributed by atoms with Crippen LogP contribution in [0.25, 0.3) is 0 Å². The number of hydrogen-bond acceptors (Lipinski definition) is 7. The zero-order valence-electron chi connectivity index (χ0n) is 20.8. The van der Waals surface area contributed by atoms with Gasteiger partial charge in [-0.2, -0.15) is 4.98 Å². The third-order valence-corrected chi connectivity index (χ3v) is 6.11. The molecule has 2 N–H and O–H groups in total. The largest absolute Gasteiger partial charge is 0.463 e. The Balaban J connectivity index is 1.63. The van der Waals surface area contributed by atoms with Crippen molar-refractivity contribution in [1.82, 2.24) is 20.8 Å². The summed E-state index contributed by atoms with van der Waals surface area (Å²) in [5.74, 6) is 0.0909. The number of nitrogens with zero attached hydrogens (tertiary/aromatic N) is 2. The van der Waals surface area contributed by atoms with Crippen LogP contribution in [0.3, 0.4) is 0 Å². The van der Waals surface area contributed by atoms with Gasteiger partial charge in [0.2, 0.25) is 17.7 Å². The van der Waals surface area contributed by atoms with Crippen molar-refractivity contribution in [3.8, 4) is 0 Å². The van der Waals surface area contributed by atoms with Crippen LogP contribution in [0.1, 0.15) is 95.5 Å². The molecule has 1 atom stereocenters. The average Bonchev–Trinajstić information content (AvgIpc) is 3.17. The minimum absolute atomic E-state index is 0.0396. The summed E-state index contributed by atoms with van der Waals surface area (Å²) in [4.78, 5) is 41.4. The summed E-state index contributed by atoms with van der Waals surface area (Å²) in [6.45, 7) is 5.08. The topological polar surface area (TPSA) is 123 Å². The van der Waals surface area contributed by atoms with Crippen LogP contribution in [0, 0.1) is 0 Å². The van der Waals surface area contributed by atoms with Gasteiger partial charge in [0.05, 0.1) is 18.6 Å². The molecular formula is C26H36N4O5. The van der Waals surface area contributed by atoms with Crippen molar-refractivity contribution in [1.29, 1.82) is 0 Å². The Kier molecular flexibility index (Phi) is 9.39. The molecule has 1 aromatic heterocycles. The van der Waals surface area contributed by atoms with Crippen molar-refractivity contribution in [3.63, 3.8) is 0 Å². The molecule has 9 heteroatoms. The van der Waals surface area contributed by atoms with Crippen molar-refractivity contribution < 1.29 is 23.6 Å². The molecule has 35 heavy (non-hydrogen) atoms. The van der Waals surface area contributed by atoms with E-state index in [2.05, 4.69) is 20.8 Å².